The number of benzene rings is 2. The first-order chi connectivity index (χ1) is 10.1. The third-order valence-corrected chi connectivity index (χ3v) is 3.98. The van der Waals surface area contributed by atoms with Gasteiger partial charge in [-0.05, 0) is 42.5 Å². The topological polar surface area (TPSA) is 38.3 Å². The minimum atomic E-state index is -0.134. The number of halogens is 2. The van der Waals surface area contributed by atoms with E-state index in [0.717, 1.165) is 21.3 Å². The molecule has 0 saturated carbocycles. The Morgan fingerprint density at radius 1 is 1.24 bits per heavy atom. The summed E-state index contributed by atoms with van der Waals surface area (Å²) in [6.45, 7) is 0. The summed E-state index contributed by atoms with van der Waals surface area (Å²) in [5, 5.41) is 3.44. The molecule has 0 aliphatic carbocycles. The van der Waals surface area contributed by atoms with Crippen LogP contribution in [0.1, 0.15) is 11.1 Å². The minimum absolute atomic E-state index is 0.134. The number of methoxy groups -OCH3 is 1. The molecule has 0 fully saturated rings. The molecule has 0 saturated heterocycles. The number of carbonyl (C=O) groups is 1. The number of nitrogens with one attached hydrogen (secondary N) is 1. The van der Waals surface area contributed by atoms with E-state index in [1.807, 2.05) is 18.2 Å². The summed E-state index contributed by atoms with van der Waals surface area (Å²) in [5.41, 5.74) is 3.02. The molecule has 3 rings (SSSR count). The Hall–Kier alpha value is -1.78. The van der Waals surface area contributed by atoms with E-state index in [-0.39, 0.29) is 5.91 Å². The molecule has 1 aliphatic heterocycles. The Balaban J connectivity index is 2.15. The summed E-state index contributed by atoms with van der Waals surface area (Å²) in [4.78, 5) is 12.2. The highest BCUT2D eigenvalue weighted by molar-refractivity contribution is 9.10. The lowest BCUT2D eigenvalue weighted by Gasteiger charge is -2.06. The van der Waals surface area contributed by atoms with Gasteiger partial charge in [-0.1, -0.05) is 27.5 Å². The van der Waals surface area contributed by atoms with Gasteiger partial charge in [-0.3, -0.25) is 4.79 Å². The molecule has 1 aliphatic rings. The first kappa shape index (κ1) is 14.2. The molecule has 1 N–H and O–H groups in total. The number of hydrogen-bond acceptors (Lipinski definition) is 2. The zero-order valence-electron chi connectivity index (χ0n) is 11.1. The van der Waals surface area contributed by atoms with Crippen molar-refractivity contribution in [2.45, 2.75) is 0 Å². The molecule has 21 heavy (non-hydrogen) atoms. The van der Waals surface area contributed by atoms with E-state index in [1.165, 1.54) is 0 Å². The fraction of sp³-hybridized carbons (Fsp3) is 0.0625. The molecule has 0 spiro atoms. The zero-order chi connectivity index (χ0) is 15.0. The van der Waals surface area contributed by atoms with Crippen LogP contribution in [0.25, 0.3) is 11.6 Å². The molecule has 3 nitrogen and oxygen atoms in total. The van der Waals surface area contributed by atoms with Crippen molar-refractivity contribution in [2.24, 2.45) is 0 Å². The third-order valence-electron chi connectivity index (χ3n) is 3.26. The number of anilines is 1. The standard InChI is InChI=1S/C16H11BrClNO2/c1-21-15-5-3-11(18)6-9(15)7-13-12-8-10(17)2-4-14(12)19-16(13)20/h2-8H,1H3,(H,19,20)/b13-7-. The van der Waals surface area contributed by atoms with Gasteiger partial charge in [-0.2, -0.15) is 0 Å². The summed E-state index contributed by atoms with van der Waals surface area (Å²) < 4.78 is 6.23. The summed E-state index contributed by atoms with van der Waals surface area (Å²) in [6.07, 6.45) is 1.79. The second-order valence-electron chi connectivity index (χ2n) is 4.59. The highest BCUT2D eigenvalue weighted by atomic mass is 79.9. The Kier molecular flexibility index (Phi) is 3.74. The first-order valence-corrected chi connectivity index (χ1v) is 7.42. The average molecular weight is 365 g/mol. The van der Waals surface area contributed by atoms with Crippen LogP contribution in [0.2, 0.25) is 5.02 Å². The molecule has 5 heteroatoms. The summed E-state index contributed by atoms with van der Waals surface area (Å²) >= 11 is 9.45. The minimum Gasteiger partial charge on any atom is -0.496 e. The van der Waals surface area contributed by atoms with Crippen LogP contribution in [-0.4, -0.2) is 13.0 Å². The van der Waals surface area contributed by atoms with E-state index in [9.17, 15) is 4.79 Å². The molecule has 0 radical (unpaired) electrons. The molecule has 2 aromatic carbocycles. The number of ether oxygens (including phenoxy) is 1. The highest BCUT2D eigenvalue weighted by Gasteiger charge is 2.24. The van der Waals surface area contributed by atoms with Gasteiger partial charge in [0.15, 0.2) is 0 Å². The van der Waals surface area contributed by atoms with Crippen LogP contribution in [0.3, 0.4) is 0 Å². The molecule has 1 heterocycles. The maximum absolute atomic E-state index is 12.2. The molecule has 0 atom stereocenters. The lowest BCUT2D eigenvalue weighted by Crippen LogP contribution is -2.03. The molecule has 0 unspecified atom stereocenters. The number of amides is 1. The molecular formula is C16H11BrClNO2. The summed E-state index contributed by atoms with van der Waals surface area (Å²) in [7, 11) is 1.59. The van der Waals surface area contributed by atoms with E-state index in [2.05, 4.69) is 21.2 Å². The predicted molar refractivity (Wildman–Crippen MR) is 88.6 cm³/mol. The Morgan fingerprint density at radius 2 is 2.05 bits per heavy atom. The number of fused-ring (bicyclic) bond motifs is 1. The molecule has 106 valence electrons. The number of carbonyl (C=O) groups excluding carboxylic acids is 1. The van der Waals surface area contributed by atoms with Crippen LogP contribution in [0.5, 0.6) is 5.75 Å². The van der Waals surface area contributed by atoms with Crippen molar-refractivity contribution in [3.8, 4) is 5.75 Å². The third kappa shape index (κ3) is 2.69. The van der Waals surface area contributed by atoms with Crippen molar-refractivity contribution in [3.63, 3.8) is 0 Å². The highest BCUT2D eigenvalue weighted by Crippen LogP contribution is 2.36. The van der Waals surface area contributed by atoms with Crippen molar-refractivity contribution in [2.75, 3.05) is 12.4 Å². The largest absolute Gasteiger partial charge is 0.496 e. The second-order valence-corrected chi connectivity index (χ2v) is 5.94. The van der Waals surface area contributed by atoms with Crippen molar-refractivity contribution in [1.29, 1.82) is 0 Å². The number of hydrogen-bond donors (Lipinski definition) is 1. The molecule has 1 amide bonds. The maximum Gasteiger partial charge on any atom is 0.256 e. The fourth-order valence-corrected chi connectivity index (χ4v) is 2.82. The van der Waals surface area contributed by atoms with Crippen LogP contribution >= 0.6 is 27.5 Å². The quantitative estimate of drug-likeness (QED) is 0.791. The van der Waals surface area contributed by atoms with Gasteiger partial charge in [0.25, 0.3) is 5.91 Å². The van der Waals surface area contributed by atoms with Crippen LogP contribution in [0.4, 0.5) is 5.69 Å². The van der Waals surface area contributed by atoms with Crippen molar-refractivity contribution >= 4 is 50.8 Å². The average Bonchev–Trinajstić information content (AvgIpc) is 2.75. The van der Waals surface area contributed by atoms with Gasteiger partial charge < -0.3 is 10.1 Å². The summed E-state index contributed by atoms with van der Waals surface area (Å²) in [6, 6.07) is 11.0. The van der Waals surface area contributed by atoms with Crippen molar-refractivity contribution in [3.05, 3.63) is 57.0 Å². The van der Waals surface area contributed by atoms with Crippen molar-refractivity contribution in [1.82, 2.24) is 0 Å². The first-order valence-electron chi connectivity index (χ1n) is 6.25. The van der Waals surface area contributed by atoms with Gasteiger partial charge >= 0.3 is 0 Å². The van der Waals surface area contributed by atoms with E-state index < -0.39 is 0 Å². The van der Waals surface area contributed by atoms with Crippen LogP contribution in [0.15, 0.2) is 40.9 Å². The Bertz CT molecular complexity index is 771. The van der Waals surface area contributed by atoms with Gasteiger partial charge in [0.1, 0.15) is 5.75 Å². The Labute approximate surface area is 135 Å². The predicted octanol–water partition coefficient (Wildman–Crippen LogP) is 4.60. The van der Waals surface area contributed by atoms with Gasteiger partial charge in [-0.25, -0.2) is 0 Å². The van der Waals surface area contributed by atoms with Gasteiger partial charge in [0.05, 0.1) is 7.11 Å². The molecular weight excluding hydrogens is 354 g/mol. The van der Waals surface area contributed by atoms with Gasteiger partial charge in [0, 0.05) is 31.9 Å². The van der Waals surface area contributed by atoms with E-state index in [1.54, 1.807) is 31.4 Å². The maximum atomic E-state index is 12.2. The van der Waals surface area contributed by atoms with E-state index >= 15 is 0 Å². The normalized spacial score (nSPS) is 15.0. The monoisotopic (exact) mass is 363 g/mol. The van der Waals surface area contributed by atoms with Crippen LogP contribution in [0, 0.1) is 0 Å². The van der Waals surface area contributed by atoms with E-state index in [0.29, 0.717) is 16.3 Å². The van der Waals surface area contributed by atoms with Crippen LogP contribution < -0.4 is 10.1 Å². The molecule has 0 bridgehead atoms. The lowest BCUT2D eigenvalue weighted by molar-refractivity contribution is -0.110. The summed E-state index contributed by atoms with van der Waals surface area (Å²) in [5.74, 6) is 0.535. The second kappa shape index (κ2) is 5.54. The van der Waals surface area contributed by atoms with Gasteiger partial charge in [-0.15, -0.1) is 0 Å². The van der Waals surface area contributed by atoms with Crippen molar-refractivity contribution < 1.29 is 9.53 Å². The molecule has 0 aromatic heterocycles. The van der Waals surface area contributed by atoms with Crippen LogP contribution in [-0.2, 0) is 4.79 Å². The Morgan fingerprint density at radius 3 is 2.81 bits per heavy atom. The SMILES string of the molecule is COc1ccc(Cl)cc1/C=C1\C(=O)Nc2ccc(Br)cc21. The van der Waals surface area contributed by atoms with E-state index in [4.69, 9.17) is 16.3 Å². The smallest absolute Gasteiger partial charge is 0.256 e. The fourth-order valence-electron chi connectivity index (χ4n) is 2.28. The van der Waals surface area contributed by atoms with Gasteiger partial charge in [0.2, 0.25) is 0 Å². The zero-order valence-corrected chi connectivity index (χ0v) is 13.5. The molecule has 2 aromatic rings. The number of rotatable bonds is 2. The lowest BCUT2D eigenvalue weighted by atomic mass is 10.0.